The first-order valence-electron chi connectivity index (χ1n) is 10.4. The van der Waals surface area contributed by atoms with Crippen LogP contribution >= 0.6 is 0 Å². The first kappa shape index (κ1) is 21.3. The SMILES string of the molecule is CCCn1c(CN(C(C)C)C2CCCC2)nc2cc(S(=O)(=O)N(C)C)ccc21. The number of benzene rings is 1. The maximum atomic E-state index is 12.5. The van der Waals surface area contributed by atoms with Gasteiger partial charge in [-0.1, -0.05) is 19.8 Å². The molecule has 0 amide bonds. The number of nitrogens with zero attached hydrogens (tertiary/aromatic N) is 4. The van der Waals surface area contributed by atoms with Crippen molar-refractivity contribution >= 4 is 21.1 Å². The van der Waals surface area contributed by atoms with E-state index in [0.29, 0.717) is 17.0 Å². The third-order valence-corrected chi connectivity index (χ3v) is 7.62. The fraction of sp³-hybridized carbons (Fsp3) is 0.667. The van der Waals surface area contributed by atoms with Crippen molar-refractivity contribution in [2.24, 2.45) is 0 Å². The lowest BCUT2D eigenvalue weighted by Gasteiger charge is -2.32. The summed E-state index contributed by atoms with van der Waals surface area (Å²) in [5, 5.41) is 0. The van der Waals surface area contributed by atoms with Gasteiger partial charge in [0.05, 0.1) is 22.5 Å². The van der Waals surface area contributed by atoms with Gasteiger partial charge >= 0.3 is 0 Å². The summed E-state index contributed by atoms with van der Waals surface area (Å²) in [6.07, 6.45) is 6.16. The van der Waals surface area contributed by atoms with Gasteiger partial charge in [0.2, 0.25) is 10.0 Å². The molecule has 0 bridgehead atoms. The third kappa shape index (κ3) is 4.11. The molecular formula is C21H34N4O2S. The van der Waals surface area contributed by atoms with Crippen LogP contribution in [0, 0.1) is 0 Å². The van der Waals surface area contributed by atoms with Crippen molar-refractivity contribution in [1.82, 2.24) is 18.8 Å². The highest BCUT2D eigenvalue weighted by molar-refractivity contribution is 7.89. The van der Waals surface area contributed by atoms with Gasteiger partial charge in [-0.3, -0.25) is 4.90 Å². The van der Waals surface area contributed by atoms with E-state index in [0.717, 1.165) is 36.4 Å². The highest BCUT2D eigenvalue weighted by Gasteiger charge is 2.27. The van der Waals surface area contributed by atoms with Crippen molar-refractivity contribution < 1.29 is 8.42 Å². The maximum Gasteiger partial charge on any atom is 0.242 e. The number of aromatic nitrogens is 2. The molecular weight excluding hydrogens is 372 g/mol. The Balaban J connectivity index is 2.02. The van der Waals surface area contributed by atoms with E-state index in [9.17, 15) is 8.42 Å². The lowest BCUT2D eigenvalue weighted by molar-refractivity contribution is 0.140. The van der Waals surface area contributed by atoms with Crippen LogP contribution in [0.25, 0.3) is 11.0 Å². The second-order valence-electron chi connectivity index (χ2n) is 8.32. The zero-order chi connectivity index (χ0) is 20.5. The highest BCUT2D eigenvalue weighted by atomic mass is 32.2. The second kappa shape index (κ2) is 8.51. The standard InChI is InChI=1S/C21H34N4O2S/c1-6-13-24-20-12-11-18(28(26,27)23(4)5)14-19(20)22-21(24)15-25(16(2)3)17-9-7-8-10-17/h11-12,14,16-17H,6-10,13,15H2,1-5H3. The van der Waals surface area contributed by atoms with Crippen molar-refractivity contribution in [1.29, 1.82) is 0 Å². The molecule has 6 nitrogen and oxygen atoms in total. The summed E-state index contributed by atoms with van der Waals surface area (Å²) in [4.78, 5) is 7.76. The van der Waals surface area contributed by atoms with E-state index in [2.05, 4.69) is 30.2 Å². The number of hydrogen-bond acceptors (Lipinski definition) is 4. The van der Waals surface area contributed by atoms with E-state index >= 15 is 0 Å². The molecule has 1 saturated carbocycles. The van der Waals surface area contributed by atoms with Crippen molar-refractivity contribution in [3.05, 3.63) is 24.0 Å². The summed E-state index contributed by atoms with van der Waals surface area (Å²) in [6, 6.07) is 6.41. The zero-order valence-corrected chi connectivity index (χ0v) is 18.7. The minimum absolute atomic E-state index is 0.300. The molecule has 3 rings (SSSR count). The first-order valence-corrected chi connectivity index (χ1v) is 11.9. The molecule has 1 fully saturated rings. The van der Waals surface area contributed by atoms with E-state index in [1.165, 1.54) is 30.0 Å². The number of sulfonamides is 1. The molecule has 0 N–H and O–H groups in total. The van der Waals surface area contributed by atoms with E-state index in [1.54, 1.807) is 26.2 Å². The molecule has 156 valence electrons. The van der Waals surface area contributed by atoms with Crippen LogP contribution in [0.15, 0.2) is 23.1 Å². The molecule has 1 heterocycles. The summed E-state index contributed by atoms with van der Waals surface area (Å²) in [6.45, 7) is 8.38. The summed E-state index contributed by atoms with van der Waals surface area (Å²) in [5.74, 6) is 1.04. The monoisotopic (exact) mass is 406 g/mol. The second-order valence-corrected chi connectivity index (χ2v) is 10.5. The Kier molecular flexibility index (Phi) is 6.47. The van der Waals surface area contributed by atoms with Crippen LogP contribution < -0.4 is 0 Å². The van der Waals surface area contributed by atoms with Gasteiger partial charge in [-0.2, -0.15) is 0 Å². The van der Waals surface area contributed by atoms with Gasteiger partial charge in [0.1, 0.15) is 5.82 Å². The molecule has 1 aromatic carbocycles. The smallest absolute Gasteiger partial charge is 0.242 e. The molecule has 7 heteroatoms. The van der Waals surface area contributed by atoms with Crippen LogP contribution in [0.1, 0.15) is 58.7 Å². The minimum atomic E-state index is -3.46. The highest BCUT2D eigenvalue weighted by Crippen LogP contribution is 2.28. The Morgan fingerprint density at radius 2 is 1.89 bits per heavy atom. The Morgan fingerprint density at radius 3 is 2.46 bits per heavy atom. The largest absolute Gasteiger partial charge is 0.327 e. The van der Waals surface area contributed by atoms with E-state index in [1.807, 2.05) is 6.07 Å². The fourth-order valence-electron chi connectivity index (χ4n) is 4.26. The molecule has 1 aromatic heterocycles. The number of rotatable bonds is 8. The summed E-state index contributed by atoms with van der Waals surface area (Å²) in [5.41, 5.74) is 1.78. The molecule has 0 aliphatic heterocycles. The molecule has 0 unspecified atom stereocenters. The number of fused-ring (bicyclic) bond motifs is 1. The number of aryl methyl sites for hydroxylation is 1. The summed E-state index contributed by atoms with van der Waals surface area (Å²) < 4.78 is 28.6. The average Bonchev–Trinajstić information content (AvgIpc) is 3.27. The van der Waals surface area contributed by atoms with E-state index in [-0.39, 0.29) is 0 Å². The molecule has 0 radical (unpaired) electrons. The quantitative estimate of drug-likeness (QED) is 0.668. The molecule has 0 atom stereocenters. The predicted molar refractivity (Wildman–Crippen MR) is 114 cm³/mol. The molecule has 28 heavy (non-hydrogen) atoms. The van der Waals surface area contributed by atoms with Gasteiger partial charge in [-0.25, -0.2) is 17.7 Å². The van der Waals surface area contributed by atoms with Gasteiger partial charge in [0.15, 0.2) is 0 Å². The lowest BCUT2D eigenvalue weighted by atomic mass is 10.1. The number of imidazole rings is 1. The Morgan fingerprint density at radius 1 is 1.21 bits per heavy atom. The van der Waals surface area contributed by atoms with E-state index < -0.39 is 10.0 Å². The normalized spacial score (nSPS) is 16.3. The van der Waals surface area contributed by atoms with Crippen LogP contribution in [0.4, 0.5) is 0 Å². The van der Waals surface area contributed by atoms with Crippen molar-refractivity contribution in [3.63, 3.8) is 0 Å². The first-order chi connectivity index (χ1) is 13.3. The fourth-order valence-corrected chi connectivity index (χ4v) is 5.18. The average molecular weight is 407 g/mol. The van der Waals surface area contributed by atoms with Gasteiger partial charge in [-0.05, 0) is 51.3 Å². The van der Waals surface area contributed by atoms with Crippen LogP contribution in [-0.2, 0) is 23.1 Å². The summed E-state index contributed by atoms with van der Waals surface area (Å²) >= 11 is 0. The van der Waals surface area contributed by atoms with Crippen LogP contribution in [0.3, 0.4) is 0 Å². The maximum absolute atomic E-state index is 12.5. The van der Waals surface area contributed by atoms with Crippen molar-refractivity contribution in [2.75, 3.05) is 14.1 Å². The zero-order valence-electron chi connectivity index (χ0n) is 17.9. The van der Waals surface area contributed by atoms with Gasteiger partial charge < -0.3 is 4.57 Å². The molecule has 0 saturated heterocycles. The third-order valence-electron chi connectivity index (χ3n) is 5.81. The number of hydrogen-bond donors (Lipinski definition) is 0. The Hall–Kier alpha value is -1.44. The van der Waals surface area contributed by atoms with Crippen molar-refractivity contribution in [3.8, 4) is 0 Å². The van der Waals surface area contributed by atoms with Crippen LogP contribution in [0.5, 0.6) is 0 Å². The summed E-state index contributed by atoms with van der Waals surface area (Å²) in [7, 11) is -0.344. The van der Waals surface area contributed by atoms with Gasteiger partial charge in [0, 0.05) is 32.7 Å². The Bertz CT molecular complexity index is 912. The minimum Gasteiger partial charge on any atom is -0.327 e. The van der Waals surface area contributed by atoms with Gasteiger partial charge in [0.25, 0.3) is 0 Å². The van der Waals surface area contributed by atoms with Gasteiger partial charge in [-0.15, -0.1) is 0 Å². The van der Waals surface area contributed by atoms with Crippen LogP contribution in [-0.4, -0.2) is 53.4 Å². The predicted octanol–water partition coefficient (Wildman–Crippen LogP) is 3.85. The Labute approximate surface area is 169 Å². The topological polar surface area (TPSA) is 58.4 Å². The van der Waals surface area contributed by atoms with Crippen molar-refractivity contribution in [2.45, 2.75) is 82.9 Å². The molecule has 2 aromatic rings. The molecule has 1 aliphatic carbocycles. The molecule has 1 aliphatic rings. The lowest BCUT2D eigenvalue weighted by Crippen LogP contribution is -2.39. The van der Waals surface area contributed by atoms with Crippen LogP contribution in [0.2, 0.25) is 0 Å². The molecule has 0 spiro atoms. The van der Waals surface area contributed by atoms with E-state index in [4.69, 9.17) is 4.98 Å².